The van der Waals surface area contributed by atoms with Gasteiger partial charge in [-0.1, -0.05) is 41.5 Å². The van der Waals surface area contributed by atoms with Crippen molar-refractivity contribution in [2.45, 2.75) is 39.5 Å². The predicted octanol–water partition coefficient (Wildman–Crippen LogP) is 4.74. The van der Waals surface area contributed by atoms with Gasteiger partial charge in [0.2, 0.25) is 0 Å². The van der Waals surface area contributed by atoms with Gasteiger partial charge >= 0.3 is 5.97 Å². The van der Waals surface area contributed by atoms with Gasteiger partial charge in [0.25, 0.3) is 0 Å². The zero-order valence-corrected chi connectivity index (χ0v) is 18.0. The van der Waals surface area contributed by atoms with Crippen molar-refractivity contribution in [1.29, 1.82) is 0 Å². The number of benzene rings is 2. The molecule has 0 radical (unpaired) electrons. The maximum atomic E-state index is 11.0. The molecule has 0 saturated carbocycles. The van der Waals surface area contributed by atoms with E-state index in [4.69, 9.17) is 9.84 Å². The fraction of sp³-hybridized carbons (Fsp3) is 0.423. The highest BCUT2D eigenvalue weighted by molar-refractivity contribution is 5.73. The fourth-order valence-corrected chi connectivity index (χ4v) is 4.44. The van der Waals surface area contributed by atoms with Crippen LogP contribution >= 0.6 is 0 Å². The first kappa shape index (κ1) is 20.7. The summed E-state index contributed by atoms with van der Waals surface area (Å²) in [6.07, 6.45) is 4.12. The number of aliphatic carboxylic acids is 1. The number of nitrogens with zero attached hydrogens (tertiary/aromatic N) is 1. The maximum absolute atomic E-state index is 11.0. The van der Waals surface area contributed by atoms with E-state index in [9.17, 15) is 4.79 Å². The van der Waals surface area contributed by atoms with Crippen LogP contribution < -0.4 is 4.74 Å². The van der Waals surface area contributed by atoms with Gasteiger partial charge in [-0.25, -0.2) is 0 Å². The van der Waals surface area contributed by atoms with Gasteiger partial charge in [0.1, 0.15) is 5.75 Å². The number of rotatable bonds is 8. The Morgan fingerprint density at radius 2 is 1.87 bits per heavy atom. The molecule has 2 aromatic rings. The summed E-state index contributed by atoms with van der Waals surface area (Å²) >= 11 is 0. The minimum Gasteiger partial charge on any atom is -0.494 e. The van der Waals surface area contributed by atoms with E-state index in [0.29, 0.717) is 13.1 Å². The van der Waals surface area contributed by atoms with E-state index >= 15 is 0 Å². The number of aryl methyl sites for hydroxylation is 3. The molecule has 1 N–H and O–H groups in total. The average molecular weight is 406 g/mol. The Bertz CT molecular complexity index is 939. The molecule has 0 spiro atoms. The van der Waals surface area contributed by atoms with E-state index in [1.165, 1.54) is 33.4 Å². The molecular weight excluding hydrogens is 374 g/mol. The fourth-order valence-electron chi connectivity index (χ4n) is 4.44. The van der Waals surface area contributed by atoms with Crippen molar-refractivity contribution >= 4 is 11.5 Å². The lowest BCUT2D eigenvalue weighted by Crippen LogP contribution is -2.50. The van der Waals surface area contributed by atoms with Gasteiger partial charge in [-0.05, 0) is 73.9 Å². The van der Waals surface area contributed by atoms with Crippen LogP contribution in [-0.4, -0.2) is 42.2 Å². The number of ether oxygens (including phenoxy) is 1. The van der Waals surface area contributed by atoms with Crippen LogP contribution in [-0.2, 0) is 17.6 Å². The normalized spacial score (nSPS) is 16.9. The smallest absolute Gasteiger partial charge is 0.309 e. The molecule has 4 nitrogen and oxygen atoms in total. The molecule has 2 aromatic carbocycles. The number of carboxylic acid groups (broad SMARTS) is 1. The van der Waals surface area contributed by atoms with Crippen molar-refractivity contribution < 1.29 is 14.6 Å². The molecule has 0 bridgehead atoms. The Hall–Kier alpha value is -2.59. The Kier molecular flexibility index (Phi) is 6.24. The molecular formula is C26H31NO3. The summed E-state index contributed by atoms with van der Waals surface area (Å²) in [7, 11) is 0. The number of hydrogen-bond donors (Lipinski definition) is 1. The van der Waals surface area contributed by atoms with Gasteiger partial charge in [-0.2, -0.15) is 0 Å². The molecule has 1 aliphatic heterocycles. The summed E-state index contributed by atoms with van der Waals surface area (Å²) in [6, 6.07) is 15.2. The van der Waals surface area contributed by atoms with E-state index in [1.54, 1.807) is 0 Å². The van der Waals surface area contributed by atoms with E-state index in [0.717, 1.165) is 44.6 Å². The number of likely N-dealkylation sites (tertiary alicyclic amines) is 1. The summed E-state index contributed by atoms with van der Waals surface area (Å²) in [5.41, 5.74) is 8.13. The SMILES string of the molecule is CC1=C(CN2CC(C(=O)O)C2)CCc2cc(OCCCc3ccc(C)cc3)ccc21. The lowest BCUT2D eigenvalue weighted by atomic mass is 9.85. The molecule has 1 saturated heterocycles. The van der Waals surface area contributed by atoms with Crippen LogP contribution in [0, 0.1) is 12.8 Å². The molecule has 4 rings (SSSR count). The molecule has 1 aliphatic carbocycles. The highest BCUT2D eigenvalue weighted by Crippen LogP contribution is 2.34. The van der Waals surface area contributed by atoms with Gasteiger partial charge in [-0.3, -0.25) is 9.69 Å². The van der Waals surface area contributed by atoms with Crippen LogP contribution in [0.3, 0.4) is 0 Å². The first-order valence-electron chi connectivity index (χ1n) is 10.9. The van der Waals surface area contributed by atoms with Gasteiger partial charge in [0.05, 0.1) is 12.5 Å². The molecule has 158 valence electrons. The van der Waals surface area contributed by atoms with Gasteiger partial charge in [0.15, 0.2) is 0 Å². The largest absolute Gasteiger partial charge is 0.494 e. The molecule has 0 amide bonds. The van der Waals surface area contributed by atoms with Crippen molar-refractivity contribution in [1.82, 2.24) is 4.90 Å². The Morgan fingerprint density at radius 3 is 2.60 bits per heavy atom. The van der Waals surface area contributed by atoms with Crippen LogP contribution in [0.1, 0.15) is 42.0 Å². The summed E-state index contributed by atoms with van der Waals surface area (Å²) in [5.74, 6) is 0.103. The minimum atomic E-state index is -0.669. The standard InChI is InChI=1S/C26H31NO3/c1-18-5-7-20(8-6-18)4-3-13-30-24-11-12-25-19(2)22(10-9-21(25)14-24)15-27-16-23(17-27)26(28)29/h5-8,11-12,14,23H,3-4,9-10,13,15-17H2,1-2H3,(H,28,29). The highest BCUT2D eigenvalue weighted by Gasteiger charge is 2.33. The monoisotopic (exact) mass is 405 g/mol. The summed E-state index contributed by atoms with van der Waals surface area (Å²) in [5, 5.41) is 9.06. The highest BCUT2D eigenvalue weighted by atomic mass is 16.5. The second-order valence-electron chi connectivity index (χ2n) is 8.71. The summed E-state index contributed by atoms with van der Waals surface area (Å²) in [6.45, 7) is 7.29. The topological polar surface area (TPSA) is 49.8 Å². The van der Waals surface area contributed by atoms with Gasteiger partial charge in [-0.15, -0.1) is 0 Å². The van der Waals surface area contributed by atoms with E-state index in [2.05, 4.69) is 61.2 Å². The van der Waals surface area contributed by atoms with E-state index in [-0.39, 0.29) is 5.92 Å². The molecule has 30 heavy (non-hydrogen) atoms. The quantitative estimate of drug-likeness (QED) is 0.645. The van der Waals surface area contributed by atoms with Gasteiger partial charge in [0, 0.05) is 19.6 Å². The number of hydrogen-bond acceptors (Lipinski definition) is 3. The lowest BCUT2D eigenvalue weighted by molar-refractivity contribution is -0.147. The number of fused-ring (bicyclic) bond motifs is 1. The first-order valence-corrected chi connectivity index (χ1v) is 10.9. The zero-order valence-electron chi connectivity index (χ0n) is 18.0. The third-order valence-electron chi connectivity index (χ3n) is 6.43. The Labute approximate surface area is 179 Å². The molecule has 1 fully saturated rings. The Morgan fingerprint density at radius 1 is 1.10 bits per heavy atom. The first-order chi connectivity index (χ1) is 14.5. The zero-order chi connectivity index (χ0) is 21.1. The maximum Gasteiger partial charge on any atom is 0.309 e. The van der Waals surface area contributed by atoms with Crippen LogP contribution in [0.15, 0.2) is 48.0 Å². The minimum absolute atomic E-state index is 0.188. The number of carboxylic acids is 1. The van der Waals surface area contributed by atoms with Crippen molar-refractivity contribution in [3.05, 3.63) is 70.3 Å². The second-order valence-corrected chi connectivity index (χ2v) is 8.71. The van der Waals surface area contributed by atoms with E-state index in [1.807, 2.05) is 0 Å². The average Bonchev–Trinajstić information content (AvgIpc) is 2.70. The van der Waals surface area contributed by atoms with Crippen molar-refractivity contribution in [3.63, 3.8) is 0 Å². The molecule has 4 heteroatoms. The van der Waals surface area contributed by atoms with Crippen molar-refractivity contribution in [2.75, 3.05) is 26.2 Å². The second kappa shape index (κ2) is 9.05. The third kappa shape index (κ3) is 4.76. The van der Waals surface area contributed by atoms with Crippen molar-refractivity contribution in [2.24, 2.45) is 5.92 Å². The van der Waals surface area contributed by atoms with Crippen LogP contribution in [0.4, 0.5) is 0 Å². The number of allylic oxidation sites excluding steroid dienone is 1. The molecule has 1 heterocycles. The van der Waals surface area contributed by atoms with Crippen LogP contribution in [0.25, 0.3) is 5.57 Å². The third-order valence-corrected chi connectivity index (χ3v) is 6.43. The van der Waals surface area contributed by atoms with Crippen LogP contribution in [0.5, 0.6) is 5.75 Å². The lowest BCUT2D eigenvalue weighted by Gasteiger charge is -2.38. The van der Waals surface area contributed by atoms with Crippen LogP contribution in [0.2, 0.25) is 0 Å². The molecule has 2 aliphatic rings. The van der Waals surface area contributed by atoms with E-state index < -0.39 is 5.97 Å². The van der Waals surface area contributed by atoms with Gasteiger partial charge < -0.3 is 9.84 Å². The summed E-state index contributed by atoms with van der Waals surface area (Å²) in [4.78, 5) is 13.3. The molecule has 0 unspecified atom stereocenters. The predicted molar refractivity (Wildman–Crippen MR) is 120 cm³/mol. The molecule has 0 aromatic heterocycles. The Balaban J connectivity index is 1.30. The molecule has 0 atom stereocenters. The van der Waals surface area contributed by atoms with Crippen molar-refractivity contribution in [3.8, 4) is 5.75 Å². The number of carbonyl (C=O) groups is 1. The summed E-state index contributed by atoms with van der Waals surface area (Å²) < 4.78 is 6.03.